The zero-order valence-electron chi connectivity index (χ0n) is 4.49. The molecule has 7 heteroatoms. The molecule has 0 rings (SSSR count). The lowest BCUT2D eigenvalue weighted by molar-refractivity contribution is -0.0384. The fourth-order valence-electron chi connectivity index (χ4n) is 0.202. The van der Waals surface area contributed by atoms with Gasteiger partial charge in [-0.3, -0.25) is 0 Å². The van der Waals surface area contributed by atoms with E-state index in [1.54, 1.807) is 0 Å². The van der Waals surface area contributed by atoms with Crippen molar-refractivity contribution in [3.05, 3.63) is 0 Å². The van der Waals surface area contributed by atoms with Gasteiger partial charge in [-0.25, -0.2) is 4.21 Å². The van der Waals surface area contributed by atoms with Gasteiger partial charge in [0.15, 0.2) is 0 Å². The average Bonchev–Trinajstić information content (AvgIpc) is 1.83. The van der Waals surface area contributed by atoms with Crippen LogP contribution in [0.1, 0.15) is 0 Å². The summed E-state index contributed by atoms with van der Waals surface area (Å²) in [6, 6.07) is 0. The van der Waals surface area contributed by atoms with E-state index in [0.29, 0.717) is 0 Å². The van der Waals surface area contributed by atoms with Crippen LogP contribution in [-0.2, 0) is 10.8 Å². The Kier molecular flexibility index (Phi) is 4.42. The summed E-state index contributed by atoms with van der Waals surface area (Å²) in [5.41, 5.74) is -4.62. The van der Waals surface area contributed by atoms with Crippen LogP contribution in [0.5, 0.6) is 0 Å². The van der Waals surface area contributed by atoms with E-state index >= 15 is 0 Å². The van der Waals surface area contributed by atoms with E-state index in [9.17, 15) is 17.4 Å². The predicted molar refractivity (Wildman–Crippen MR) is 40.7 cm³/mol. The lowest BCUT2D eigenvalue weighted by Gasteiger charge is -2.08. The molecule has 10 heavy (non-hydrogen) atoms. The first-order valence-corrected chi connectivity index (χ1v) is 5.32. The van der Waals surface area contributed by atoms with Gasteiger partial charge in [-0.2, -0.15) is 13.2 Å². The van der Waals surface area contributed by atoms with Gasteiger partial charge in [0.2, 0.25) is 0 Å². The van der Waals surface area contributed by atoms with Crippen LogP contribution in [-0.4, -0.2) is 19.2 Å². The maximum atomic E-state index is 11.5. The van der Waals surface area contributed by atoms with Crippen molar-refractivity contribution in [2.75, 3.05) is 5.33 Å². The molecule has 0 radical (unpaired) electrons. The van der Waals surface area contributed by atoms with Gasteiger partial charge in [0.25, 0.3) is 0 Å². The molecule has 0 saturated heterocycles. The minimum Gasteiger partial charge on any atom is -0.249 e. The largest absolute Gasteiger partial charge is 0.472 e. The molecule has 0 N–H and O–H groups in total. The molecule has 1 nitrogen and oxygen atoms in total. The number of hydrogen-bond acceptors (Lipinski definition) is 1. The summed E-state index contributed by atoms with van der Waals surface area (Å²) in [5.74, 6) is 0. The second-order valence-electron chi connectivity index (χ2n) is 1.31. The first kappa shape index (κ1) is 10.9. The Morgan fingerprint density at radius 3 is 2.00 bits per heavy atom. The van der Waals surface area contributed by atoms with Crippen LogP contribution in [0.2, 0.25) is 0 Å². The van der Waals surface area contributed by atoms with E-state index in [1.165, 1.54) is 0 Å². The van der Waals surface area contributed by atoms with Crippen molar-refractivity contribution in [1.29, 1.82) is 0 Å². The van der Waals surface area contributed by atoms with Crippen molar-refractivity contribution in [3.8, 4) is 0 Å². The van der Waals surface area contributed by atoms with Gasteiger partial charge in [0, 0.05) is 5.33 Å². The summed E-state index contributed by atoms with van der Waals surface area (Å²) in [5, 5.41) is 0.0130. The molecule has 0 aliphatic carbocycles. The van der Waals surface area contributed by atoms with E-state index in [-0.39, 0.29) is 5.33 Å². The summed E-state index contributed by atoms with van der Waals surface area (Å²) in [4.78, 5) is 0. The lowest BCUT2D eigenvalue weighted by atomic mass is 11.0. The smallest absolute Gasteiger partial charge is 0.249 e. The van der Waals surface area contributed by atoms with Crippen molar-refractivity contribution in [2.45, 2.75) is 9.67 Å². The van der Waals surface area contributed by atoms with E-state index in [2.05, 4.69) is 31.9 Å². The summed E-state index contributed by atoms with van der Waals surface area (Å²) < 4.78 is 43.8. The molecular formula is C3H3Br2F3OS. The van der Waals surface area contributed by atoms with Crippen molar-refractivity contribution in [2.24, 2.45) is 0 Å². The average molecular weight is 304 g/mol. The molecule has 0 aliphatic rings. The van der Waals surface area contributed by atoms with Gasteiger partial charge >= 0.3 is 5.51 Å². The first-order chi connectivity index (χ1) is 4.39. The van der Waals surface area contributed by atoms with Gasteiger partial charge in [0.1, 0.15) is 15.0 Å². The Balaban J connectivity index is 4.09. The molecule has 0 spiro atoms. The van der Waals surface area contributed by atoms with Crippen molar-refractivity contribution >= 4 is 42.7 Å². The SMILES string of the molecule is O=S(C(Br)CBr)C(F)(F)F. The monoisotopic (exact) mass is 302 g/mol. The third-order valence-corrected chi connectivity index (χ3v) is 4.96. The van der Waals surface area contributed by atoms with Crippen molar-refractivity contribution < 1.29 is 17.4 Å². The second-order valence-corrected chi connectivity index (χ2v) is 5.29. The van der Waals surface area contributed by atoms with E-state index in [1.807, 2.05) is 0 Å². The Hall–Kier alpha value is 0.900. The Morgan fingerprint density at radius 1 is 1.50 bits per heavy atom. The molecular weight excluding hydrogens is 301 g/mol. The van der Waals surface area contributed by atoms with Crippen molar-refractivity contribution in [1.82, 2.24) is 0 Å². The Morgan fingerprint density at radius 2 is 1.90 bits per heavy atom. The maximum Gasteiger partial charge on any atom is 0.472 e. The summed E-state index contributed by atoms with van der Waals surface area (Å²) in [6.45, 7) is 0. The number of halogens is 5. The summed E-state index contributed by atoms with van der Waals surface area (Å²) in [6.07, 6.45) is 0. The first-order valence-electron chi connectivity index (χ1n) is 2.07. The zero-order valence-corrected chi connectivity index (χ0v) is 8.48. The van der Waals surface area contributed by atoms with Crippen LogP contribution >= 0.6 is 31.9 Å². The van der Waals surface area contributed by atoms with Gasteiger partial charge in [0.05, 0.1) is 0 Å². The third-order valence-electron chi connectivity index (χ3n) is 0.582. The summed E-state index contributed by atoms with van der Waals surface area (Å²) in [7, 11) is -2.81. The maximum absolute atomic E-state index is 11.5. The molecule has 0 heterocycles. The molecule has 0 amide bonds. The molecule has 0 aliphatic heterocycles. The Labute approximate surface area is 75.1 Å². The Bertz CT molecular complexity index is 136. The van der Waals surface area contributed by atoms with Gasteiger partial charge < -0.3 is 0 Å². The number of rotatable bonds is 2. The molecule has 2 unspecified atom stereocenters. The van der Waals surface area contributed by atoms with Crippen LogP contribution in [0.25, 0.3) is 0 Å². The molecule has 0 aromatic rings. The highest BCUT2D eigenvalue weighted by molar-refractivity contribution is 9.13. The highest BCUT2D eigenvalue weighted by Crippen LogP contribution is 2.26. The zero-order chi connectivity index (χ0) is 8.36. The summed E-state index contributed by atoms with van der Waals surface area (Å²) >= 11 is 5.38. The number of alkyl halides is 5. The fourth-order valence-corrected chi connectivity index (χ4v) is 1.96. The van der Waals surface area contributed by atoms with Gasteiger partial charge in [-0.05, 0) is 0 Å². The van der Waals surface area contributed by atoms with E-state index in [0.717, 1.165) is 0 Å². The fraction of sp³-hybridized carbons (Fsp3) is 1.00. The number of hydrogen-bond donors (Lipinski definition) is 0. The molecule has 0 bridgehead atoms. The molecule has 2 atom stereocenters. The molecule has 0 aromatic carbocycles. The topological polar surface area (TPSA) is 17.1 Å². The lowest BCUT2D eigenvalue weighted by Crippen LogP contribution is -2.24. The van der Waals surface area contributed by atoms with E-state index in [4.69, 9.17) is 0 Å². The highest BCUT2D eigenvalue weighted by Gasteiger charge is 2.40. The highest BCUT2D eigenvalue weighted by atomic mass is 79.9. The second kappa shape index (κ2) is 4.06. The van der Waals surface area contributed by atoms with Crippen molar-refractivity contribution in [3.63, 3.8) is 0 Å². The predicted octanol–water partition coefficient (Wildman–Crippen LogP) is 2.37. The van der Waals surface area contributed by atoms with Crippen LogP contribution in [0.3, 0.4) is 0 Å². The standard InChI is InChI=1S/C3H3Br2F3OS/c4-1-2(5)10(9)3(6,7)8/h2H,1H2. The van der Waals surface area contributed by atoms with E-state index < -0.39 is 20.5 Å². The molecule has 62 valence electrons. The third kappa shape index (κ3) is 3.34. The van der Waals surface area contributed by atoms with Crippen LogP contribution in [0.15, 0.2) is 0 Å². The normalized spacial score (nSPS) is 18.5. The quantitative estimate of drug-likeness (QED) is 0.716. The van der Waals surface area contributed by atoms with Gasteiger partial charge in [-0.1, -0.05) is 31.9 Å². The minimum absolute atomic E-state index is 0.0130. The van der Waals surface area contributed by atoms with Crippen LogP contribution in [0.4, 0.5) is 13.2 Å². The minimum atomic E-state index is -4.62. The molecule has 0 aromatic heterocycles. The molecule has 0 saturated carbocycles. The molecule has 0 fully saturated rings. The van der Waals surface area contributed by atoms with Crippen LogP contribution in [0, 0.1) is 0 Å². The van der Waals surface area contributed by atoms with Gasteiger partial charge in [-0.15, -0.1) is 0 Å². The van der Waals surface area contributed by atoms with Crippen LogP contribution < -0.4 is 0 Å².